The zero-order chi connectivity index (χ0) is 14.9. The number of aliphatic carboxylic acids is 1. The molecule has 0 heterocycles. The molecular weight excluding hydrogens is 332 g/mol. The smallest absolute Gasteiger partial charge is 0.329 e. The minimum Gasteiger partial charge on any atom is -0.480 e. The molecule has 0 atom stereocenters. The van der Waals surface area contributed by atoms with E-state index in [1.807, 2.05) is 0 Å². The fourth-order valence-electron chi connectivity index (χ4n) is 2.04. The van der Waals surface area contributed by atoms with Gasteiger partial charge in [-0.2, -0.15) is 0 Å². The van der Waals surface area contributed by atoms with Crippen LogP contribution in [0.4, 0.5) is 5.69 Å². The molecule has 0 saturated heterocycles. The van der Waals surface area contributed by atoms with Gasteiger partial charge in [0.1, 0.15) is 10.0 Å². The lowest BCUT2D eigenvalue weighted by molar-refractivity contribution is -0.385. The van der Waals surface area contributed by atoms with Gasteiger partial charge >= 0.3 is 5.97 Å². The molecule has 1 aromatic carbocycles. The summed E-state index contributed by atoms with van der Waals surface area (Å²) in [4.78, 5) is 33.5. The average Bonchev–Trinajstić information content (AvgIpc) is 2.32. The van der Waals surface area contributed by atoms with Gasteiger partial charge in [-0.25, -0.2) is 4.79 Å². The first-order valence-corrected chi connectivity index (χ1v) is 6.65. The van der Waals surface area contributed by atoms with Crippen LogP contribution < -0.4 is 5.32 Å². The summed E-state index contributed by atoms with van der Waals surface area (Å²) in [7, 11) is 0. The van der Waals surface area contributed by atoms with Crippen LogP contribution in [-0.4, -0.2) is 27.4 Å². The van der Waals surface area contributed by atoms with E-state index in [1.165, 1.54) is 18.2 Å². The van der Waals surface area contributed by atoms with Crippen molar-refractivity contribution in [1.29, 1.82) is 0 Å². The molecule has 1 fully saturated rings. The highest BCUT2D eigenvalue weighted by Crippen LogP contribution is 2.34. The van der Waals surface area contributed by atoms with Crippen LogP contribution in [0.5, 0.6) is 0 Å². The first kappa shape index (κ1) is 14.4. The number of nitro groups is 1. The van der Waals surface area contributed by atoms with E-state index in [1.54, 1.807) is 0 Å². The quantitative estimate of drug-likeness (QED) is 0.643. The number of amides is 1. The monoisotopic (exact) mass is 342 g/mol. The number of carboxylic acids is 1. The van der Waals surface area contributed by atoms with Crippen molar-refractivity contribution in [3.05, 3.63) is 38.3 Å². The van der Waals surface area contributed by atoms with Crippen molar-refractivity contribution in [1.82, 2.24) is 5.32 Å². The molecule has 1 aromatic rings. The molecule has 1 aliphatic rings. The Balaban J connectivity index is 2.28. The standard InChI is InChI=1S/C12H11BrN2O5/c13-9-7(3-1-4-8(9)15(19)20)10(16)14-12(11(17)18)5-2-6-12/h1,3-4H,2,5-6H2,(H,14,16)(H,17,18). The normalized spacial score (nSPS) is 16.1. The second kappa shape index (κ2) is 5.20. The number of nitrogens with one attached hydrogen (secondary N) is 1. The minimum absolute atomic E-state index is 0.0439. The maximum Gasteiger partial charge on any atom is 0.329 e. The Labute approximate surface area is 122 Å². The van der Waals surface area contributed by atoms with Crippen LogP contribution in [0, 0.1) is 10.1 Å². The zero-order valence-corrected chi connectivity index (χ0v) is 11.8. The minimum atomic E-state index is -1.25. The predicted molar refractivity (Wildman–Crippen MR) is 72.5 cm³/mol. The van der Waals surface area contributed by atoms with Crippen LogP contribution in [-0.2, 0) is 4.79 Å². The Morgan fingerprint density at radius 2 is 2.05 bits per heavy atom. The molecule has 20 heavy (non-hydrogen) atoms. The van der Waals surface area contributed by atoms with Gasteiger partial charge in [0, 0.05) is 6.07 Å². The summed E-state index contributed by atoms with van der Waals surface area (Å²) >= 11 is 3.02. The lowest BCUT2D eigenvalue weighted by atomic mass is 9.76. The topological polar surface area (TPSA) is 110 Å². The number of hydrogen-bond donors (Lipinski definition) is 2. The Morgan fingerprint density at radius 3 is 2.50 bits per heavy atom. The highest BCUT2D eigenvalue weighted by atomic mass is 79.9. The number of nitro benzene ring substituents is 1. The third-order valence-corrected chi connectivity index (χ3v) is 4.22. The first-order chi connectivity index (χ1) is 9.37. The van der Waals surface area contributed by atoms with Gasteiger partial charge in [-0.1, -0.05) is 6.07 Å². The van der Waals surface area contributed by atoms with Gasteiger partial charge in [0.15, 0.2) is 0 Å². The summed E-state index contributed by atoms with van der Waals surface area (Å²) < 4.78 is 0.0439. The summed E-state index contributed by atoms with van der Waals surface area (Å²) in [6.45, 7) is 0. The van der Waals surface area contributed by atoms with Gasteiger partial charge in [-0.15, -0.1) is 0 Å². The van der Waals surface area contributed by atoms with Crippen LogP contribution in [0.3, 0.4) is 0 Å². The van der Waals surface area contributed by atoms with Crippen molar-refractivity contribution < 1.29 is 19.6 Å². The maximum absolute atomic E-state index is 12.1. The van der Waals surface area contributed by atoms with E-state index in [0.717, 1.165) is 6.42 Å². The number of hydrogen-bond acceptors (Lipinski definition) is 4. The van der Waals surface area contributed by atoms with Crippen LogP contribution in [0.2, 0.25) is 0 Å². The number of rotatable bonds is 4. The molecule has 8 heteroatoms. The van der Waals surface area contributed by atoms with Gasteiger partial charge in [0.25, 0.3) is 11.6 Å². The zero-order valence-electron chi connectivity index (χ0n) is 10.3. The molecule has 7 nitrogen and oxygen atoms in total. The lowest BCUT2D eigenvalue weighted by Gasteiger charge is -2.38. The predicted octanol–water partition coefficient (Wildman–Crippen LogP) is 2.09. The second-order valence-electron chi connectivity index (χ2n) is 4.59. The van der Waals surface area contributed by atoms with Crippen LogP contribution in [0.25, 0.3) is 0 Å². The summed E-state index contributed by atoms with van der Waals surface area (Å²) in [5.74, 6) is -1.72. The third kappa shape index (κ3) is 2.38. The summed E-state index contributed by atoms with van der Waals surface area (Å²) in [5.41, 5.74) is -1.44. The van der Waals surface area contributed by atoms with E-state index in [4.69, 9.17) is 5.11 Å². The van der Waals surface area contributed by atoms with Crippen LogP contribution >= 0.6 is 15.9 Å². The summed E-state index contributed by atoms with van der Waals surface area (Å²) in [5, 5.41) is 22.4. The van der Waals surface area contributed by atoms with E-state index >= 15 is 0 Å². The molecule has 2 rings (SSSR count). The average molecular weight is 343 g/mol. The second-order valence-corrected chi connectivity index (χ2v) is 5.38. The Morgan fingerprint density at radius 1 is 1.40 bits per heavy atom. The number of carboxylic acid groups (broad SMARTS) is 1. The van der Waals surface area contributed by atoms with Crippen molar-refractivity contribution >= 4 is 33.5 Å². The van der Waals surface area contributed by atoms with E-state index in [0.29, 0.717) is 12.8 Å². The molecule has 0 unspecified atom stereocenters. The number of nitrogens with zero attached hydrogens (tertiary/aromatic N) is 1. The van der Waals surface area contributed by atoms with Crippen molar-refractivity contribution in [2.24, 2.45) is 0 Å². The molecule has 0 radical (unpaired) electrons. The Kier molecular flexibility index (Phi) is 3.76. The van der Waals surface area contributed by atoms with Crippen molar-refractivity contribution in [3.63, 3.8) is 0 Å². The molecule has 0 aromatic heterocycles. The van der Waals surface area contributed by atoms with Crippen LogP contribution in [0.15, 0.2) is 22.7 Å². The number of benzene rings is 1. The molecule has 1 saturated carbocycles. The van der Waals surface area contributed by atoms with E-state index < -0.39 is 22.3 Å². The fourth-order valence-corrected chi connectivity index (χ4v) is 2.63. The highest BCUT2D eigenvalue weighted by Gasteiger charge is 2.46. The van der Waals surface area contributed by atoms with E-state index in [9.17, 15) is 19.7 Å². The Hall–Kier alpha value is -1.96. The molecular formula is C12H11BrN2O5. The van der Waals surface area contributed by atoms with Gasteiger partial charge < -0.3 is 10.4 Å². The van der Waals surface area contributed by atoms with Crippen molar-refractivity contribution in [3.8, 4) is 0 Å². The summed E-state index contributed by atoms with van der Waals surface area (Å²) in [6, 6.07) is 4.05. The SMILES string of the molecule is O=C(NC1(C(=O)O)CCC1)c1cccc([N+](=O)[O-])c1Br. The van der Waals surface area contributed by atoms with Crippen LogP contribution in [0.1, 0.15) is 29.6 Å². The van der Waals surface area contributed by atoms with Gasteiger partial charge in [-0.3, -0.25) is 14.9 Å². The van der Waals surface area contributed by atoms with E-state index in [-0.39, 0.29) is 15.7 Å². The largest absolute Gasteiger partial charge is 0.480 e. The molecule has 106 valence electrons. The first-order valence-electron chi connectivity index (χ1n) is 5.86. The molecule has 0 bridgehead atoms. The number of carbonyl (C=O) groups is 2. The highest BCUT2D eigenvalue weighted by molar-refractivity contribution is 9.10. The number of carbonyl (C=O) groups excluding carboxylic acids is 1. The summed E-state index contributed by atoms with van der Waals surface area (Å²) in [6.07, 6.45) is 1.45. The van der Waals surface area contributed by atoms with Gasteiger partial charge in [0.2, 0.25) is 0 Å². The third-order valence-electron chi connectivity index (χ3n) is 3.39. The molecule has 0 aliphatic heterocycles. The van der Waals surface area contributed by atoms with Crippen molar-refractivity contribution in [2.45, 2.75) is 24.8 Å². The molecule has 0 spiro atoms. The number of halogens is 1. The molecule has 1 aliphatic carbocycles. The van der Waals surface area contributed by atoms with E-state index in [2.05, 4.69) is 21.2 Å². The van der Waals surface area contributed by atoms with Crippen molar-refractivity contribution in [2.75, 3.05) is 0 Å². The van der Waals surface area contributed by atoms with Gasteiger partial charge in [-0.05, 0) is 41.3 Å². The maximum atomic E-state index is 12.1. The lowest BCUT2D eigenvalue weighted by Crippen LogP contribution is -2.59. The van der Waals surface area contributed by atoms with Gasteiger partial charge in [0.05, 0.1) is 10.5 Å². The molecule has 1 amide bonds. The molecule has 2 N–H and O–H groups in total. The fraction of sp³-hybridized carbons (Fsp3) is 0.333. The Bertz CT molecular complexity index is 598.